The molecule has 0 N–H and O–H groups in total. The van der Waals surface area contributed by atoms with E-state index in [0.717, 1.165) is 22.7 Å². The molecule has 2 nitrogen and oxygen atoms in total. The Labute approximate surface area is 329 Å². The average Bonchev–Trinajstić information content (AvgIpc) is 3.71. The molecule has 0 fully saturated rings. The van der Waals surface area contributed by atoms with Crippen LogP contribution in [0.2, 0.25) is 0 Å². The topological polar surface area (TPSA) is 8.17 Å². The van der Waals surface area contributed by atoms with Gasteiger partial charge >= 0.3 is 0 Å². The Kier molecular flexibility index (Phi) is 8.08. The van der Waals surface area contributed by atoms with Gasteiger partial charge in [0.15, 0.2) is 0 Å². The smallest absolute Gasteiger partial charge is 0.0619 e. The highest BCUT2D eigenvalue weighted by atomic mass is 15.1. The molecule has 0 spiro atoms. The van der Waals surface area contributed by atoms with Crippen LogP contribution in [0, 0.1) is 6.92 Å². The molecule has 268 valence electrons. The van der Waals surface area contributed by atoms with E-state index in [0.29, 0.717) is 0 Å². The predicted octanol–water partition coefficient (Wildman–Crippen LogP) is 14.7. The van der Waals surface area contributed by atoms with E-state index in [1.807, 2.05) is 0 Å². The van der Waals surface area contributed by atoms with Crippen molar-refractivity contribution in [3.05, 3.63) is 217 Å². The molecule has 1 aliphatic rings. The van der Waals surface area contributed by atoms with E-state index in [1.54, 1.807) is 0 Å². The molecule has 1 aromatic heterocycles. The van der Waals surface area contributed by atoms with Crippen LogP contribution in [0.25, 0.3) is 61.2 Å². The van der Waals surface area contributed by atoms with Gasteiger partial charge in [-0.3, -0.25) is 0 Å². The highest BCUT2D eigenvalue weighted by Gasteiger charge is 2.35. The van der Waals surface area contributed by atoms with Gasteiger partial charge in [-0.2, -0.15) is 0 Å². The number of hydrogen-bond acceptors (Lipinski definition) is 1. The molecule has 0 aliphatic heterocycles. The van der Waals surface area contributed by atoms with Crippen molar-refractivity contribution in [1.82, 2.24) is 4.57 Å². The van der Waals surface area contributed by atoms with E-state index in [-0.39, 0.29) is 5.41 Å². The Morgan fingerprint density at radius 3 is 1.68 bits per heavy atom. The number of hydrogen-bond donors (Lipinski definition) is 0. The molecule has 9 aromatic rings. The zero-order valence-electron chi connectivity index (χ0n) is 31.9. The van der Waals surface area contributed by atoms with Crippen molar-refractivity contribution in [1.29, 1.82) is 0 Å². The van der Waals surface area contributed by atoms with Crippen LogP contribution in [-0.4, -0.2) is 4.57 Å². The van der Waals surface area contributed by atoms with Gasteiger partial charge in [-0.15, -0.1) is 0 Å². The van der Waals surface area contributed by atoms with Crippen molar-refractivity contribution in [2.24, 2.45) is 0 Å². The van der Waals surface area contributed by atoms with Gasteiger partial charge in [-0.25, -0.2) is 0 Å². The maximum absolute atomic E-state index is 2.43. The monoisotopic (exact) mass is 718 g/mol. The highest BCUT2D eigenvalue weighted by molar-refractivity contribution is 6.07. The number of benzene rings is 8. The molecule has 0 saturated carbocycles. The van der Waals surface area contributed by atoms with Gasteiger partial charge in [0.2, 0.25) is 0 Å². The van der Waals surface area contributed by atoms with Crippen LogP contribution in [0.15, 0.2) is 200 Å². The van der Waals surface area contributed by atoms with Crippen LogP contribution >= 0.6 is 0 Å². The summed E-state index contributed by atoms with van der Waals surface area (Å²) in [5, 5.41) is 1.23. The van der Waals surface area contributed by atoms with Gasteiger partial charge in [0.1, 0.15) is 0 Å². The SMILES string of the molecule is Cc1ccc(N(c2ccc(-c3ccc4c(c3)c(-c3ccccc3)c(-c3ccccc3)n4-c3ccccc3)cc2)c2ccc3c(c2)C(C)(C)c2ccccc2-3)cc1. The van der Waals surface area contributed by atoms with Gasteiger partial charge in [0.25, 0.3) is 0 Å². The minimum Gasteiger partial charge on any atom is -0.310 e. The summed E-state index contributed by atoms with van der Waals surface area (Å²) in [6, 6.07) is 73.2. The molecule has 0 amide bonds. The van der Waals surface area contributed by atoms with Crippen LogP contribution < -0.4 is 4.90 Å². The van der Waals surface area contributed by atoms with Crippen molar-refractivity contribution in [2.45, 2.75) is 26.2 Å². The summed E-state index contributed by atoms with van der Waals surface area (Å²) in [5.41, 5.74) is 19.5. The van der Waals surface area contributed by atoms with E-state index >= 15 is 0 Å². The number of para-hydroxylation sites is 1. The van der Waals surface area contributed by atoms with Crippen molar-refractivity contribution >= 4 is 28.0 Å². The molecule has 1 aliphatic carbocycles. The molecule has 0 unspecified atom stereocenters. The summed E-state index contributed by atoms with van der Waals surface area (Å²) < 4.78 is 2.43. The fourth-order valence-corrected chi connectivity index (χ4v) is 8.86. The number of aryl methyl sites for hydroxylation is 1. The van der Waals surface area contributed by atoms with E-state index in [2.05, 4.69) is 230 Å². The lowest BCUT2D eigenvalue weighted by Gasteiger charge is -2.28. The van der Waals surface area contributed by atoms with Gasteiger partial charge < -0.3 is 9.47 Å². The van der Waals surface area contributed by atoms with Crippen molar-refractivity contribution in [3.63, 3.8) is 0 Å². The maximum atomic E-state index is 2.43. The maximum Gasteiger partial charge on any atom is 0.0619 e. The Morgan fingerprint density at radius 2 is 0.982 bits per heavy atom. The lowest BCUT2D eigenvalue weighted by Crippen LogP contribution is -2.16. The molecular weight excluding hydrogens is 677 g/mol. The molecule has 56 heavy (non-hydrogen) atoms. The third-order valence-corrected chi connectivity index (χ3v) is 11.7. The molecule has 10 rings (SSSR count). The lowest BCUT2D eigenvalue weighted by molar-refractivity contribution is 0.660. The molecule has 0 bridgehead atoms. The second-order valence-electron chi connectivity index (χ2n) is 15.5. The lowest BCUT2D eigenvalue weighted by atomic mass is 9.82. The largest absolute Gasteiger partial charge is 0.310 e. The minimum absolute atomic E-state index is 0.0815. The quantitative estimate of drug-likeness (QED) is 0.159. The summed E-state index contributed by atoms with van der Waals surface area (Å²) >= 11 is 0. The van der Waals surface area contributed by atoms with Gasteiger partial charge in [0, 0.05) is 39.1 Å². The Hall–Kier alpha value is -6.90. The van der Waals surface area contributed by atoms with Crippen LogP contribution in [-0.2, 0) is 5.41 Å². The third-order valence-electron chi connectivity index (χ3n) is 11.7. The first-order valence-electron chi connectivity index (χ1n) is 19.5. The van der Waals surface area contributed by atoms with Crippen LogP contribution in [0.5, 0.6) is 0 Å². The second-order valence-corrected chi connectivity index (χ2v) is 15.5. The summed E-state index contributed by atoms with van der Waals surface area (Å²) in [7, 11) is 0. The normalized spacial score (nSPS) is 12.7. The molecule has 8 aromatic carbocycles. The molecule has 0 atom stereocenters. The van der Waals surface area contributed by atoms with Crippen molar-refractivity contribution in [2.75, 3.05) is 4.90 Å². The fourth-order valence-electron chi connectivity index (χ4n) is 8.86. The van der Waals surface area contributed by atoms with Gasteiger partial charge in [0.05, 0.1) is 11.2 Å². The minimum atomic E-state index is -0.0815. The van der Waals surface area contributed by atoms with Gasteiger partial charge in [-0.1, -0.05) is 159 Å². The van der Waals surface area contributed by atoms with Gasteiger partial charge in [-0.05, 0) is 112 Å². The van der Waals surface area contributed by atoms with E-state index in [9.17, 15) is 0 Å². The first kappa shape index (κ1) is 33.7. The number of aromatic nitrogens is 1. The standard InChI is InChI=1S/C54H42N2/c1-37-23-28-43(29-24-37)55(45-32-33-47-46-21-13-14-22-49(46)54(2,3)50(47)36-45)44-30-25-38(26-31-44)41-27-34-51-48(35-41)52(39-15-7-4-8-16-39)53(40-17-9-5-10-18-40)56(51)42-19-11-6-12-20-42/h4-36H,1-3H3. The molecule has 2 heteroatoms. The summed E-state index contributed by atoms with van der Waals surface area (Å²) in [6.07, 6.45) is 0. The van der Waals surface area contributed by atoms with Crippen molar-refractivity contribution in [3.8, 4) is 50.3 Å². The molecular formula is C54H42N2. The first-order valence-corrected chi connectivity index (χ1v) is 19.5. The van der Waals surface area contributed by atoms with E-state index < -0.39 is 0 Å². The highest BCUT2D eigenvalue weighted by Crippen LogP contribution is 2.51. The molecule has 0 saturated heterocycles. The third kappa shape index (κ3) is 5.57. The number of anilines is 3. The summed E-state index contributed by atoms with van der Waals surface area (Å²) in [6.45, 7) is 6.85. The summed E-state index contributed by atoms with van der Waals surface area (Å²) in [5.74, 6) is 0. The first-order chi connectivity index (χ1) is 27.5. The van der Waals surface area contributed by atoms with Crippen molar-refractivity contribution < 1.29 is 0 Å². The molecule has 1 heterocycles. The number of rotatable bonds is 7. The fraction of sp³-hybridized carbons (Fsp3) is 0.0741. The average molecular weight is 719 g/mol. The molecule has 0 radical (unpaired) electrons. The van der Waals surface area contributed by atoms with Crippen LogP contribution in [0.1, 0.15) is 30.5 Å². The Balaban J connectivity index is 1.11. The second kappa shape index (κ2) is 13.4. The zero-order valence-corrected chi connectivity index (χ0v) is 31.9. The predicted molar refractivity (Wildman–Crippen MR) is 237 cm³/mol. The van der Waals surface area contributed by atoms with Crippen LogP contribution in [0.4, 0.5) is 17.1 Å². The summed E-state index contributed by atoms with van der Waals surface area (Å²) in [4.78, 5) is 2.39. The Morgan fingerprint density at radius 1 is 0.429 bits per heavy atom. The van der Waals surface area contributed by atoms with Crippen LogP contribution in [0.3, 0.4) is 0 Å². The Bertz CT molecular complexity index is 2850. The number of fused-ring (bicyclic) bond motifs is 4. The zero-order chi connectivity index (χ0) is 37.8. The number of nitrogens with zero attached hydrogens (tertiary/aromatic N) is 2. The van der Waals surface area contributed by atoms with E-state index in [4.69, 9.17) is 0 Å². The van der Waals surface area contributed by atoms with E-state index in [1.165, 1.54) is 72.2 Å².